The van der Waals surface area contributed by atoms with Crippen molar-refractivity contribution in [1.82, 2.24) is 5.32 Å². The standard InChI is InChI=1S/C28H25NO5/c1-19(30)29-28(21-12-15-22(32-2)16-13-21)27-24-11-7-6-8-20(24)14-17-25(27)34-26(31)18-33-23-9-4-3-5-10-23/h3-17,28H,18H2,1-2H3,(H,29,30)/t28-/m1/s1. The smallest absolute Gasteiger partial charge is 0.349 e. The van der Waals surface area contributed by atoms with Crippen molar-refractivity contribution < 1.29 is 23.8 Å². The van der Waals surface area contributed by atoms with E-state index in [1.165, 1.54) is 6.92 Å². The SMILES string of the molecule is COc1ccc([C@@H](NC(C)=O)c2c(OC(=O)COc3ccccc3)ccc3ccccc23)cc1. The molecule has 0 bridgehead atoms. The van der Waals surface area contributed by atoms with E-state index in [-0.39, 0.29) is 12.5 Å². The third-order valence-corrected chi connectivity index (χ3v) is 5.34. The highest BCUT2D eigenvalue weighted by Gasteiger charge is 2.24. The van der Waals surface area contributed by atoms with Crippen LogP contribution in [-0.4, -0.2) is 25.6 Å². The van der Waals surface area contributed by atoms with Crippen molar-refractivity contribution in [2.45, 2.75) is 13.0 Å². The van der Waals surface area contributed by atoms with Gasteiger partial charge in [0.15, 0.2) is 6.61 Å². The lowest BCUT2D eigenvalue weighted by molar-refractivity contribution is -0.136. The van der Waals surface area contributed by atoms with Gasteiger partial charge in [0.1, 0.15) is 17.2 Å². The van der Waals surface area contributed by atoms with Gasteiger partial charge in [0, 0.05) is 12.5 Å². The van der Waals surface area contributed by atoms with Crippen LogP contribution < -0.4 is 19.5 Å². The molecule has 1 amide bonds. The number of para-hydroxylation sites is 1. The lowest BCUT2D eigenvalue weighted by atomic mass is 9.92. The molecular formula is C28H25NO5. The summed E-state index contributed by atoms with van der Waals surface area (Å²) in [5, 5.41) is 4.84. The Hall–Kier alpha value is -4.32. The lowest BCUT2D eigenvalue weighted by Gasteiger charge is -2.23. The molecule has 0 saturated heterocycles. The van der Waals surface area contributed by atoms with Gasteiger partial charge in [-0.15, -0.1) is 0 Å². The Morgan fingerprint density at radius 1 is 0.824 bits per heavy atom. The van der Waals surface area contributed by atoms with E-state index in [2.05, 4.69) is 5.32 Å². The highest BCUT2D eigenvalue weighted by molar-refractivity contribution is 5.90. The first-order valence-corrected chi connectivity index (χ1v) is 10.9. The summed E-state index contributed by atoms with van der Waals surface area (Å²) in [6.07, 6.45) is 0. The lowest BCUT2D eigenvalue weighted by Crippen LogP contribution is -2.28. The molecule has 4 aromatic rings. The van der Waals surface area contributed by atoms with Gasteiger partial charge in [-0.3, -0.25) is 4.79 Å². The van der Waals surface area contributed by atoms with E-state index >= 15 is 0 Å². The topological polar surface area (TPSA) is 73.9 Å². The number of benzene rings is 4. The van der Waals surface area contributed by atoms with E-state index in [1.807, 2.05) is 72.8 Å². The van der Waals surface area contributed by atoms with Gasteiger partial charge in [-0.2, -0.15) is 0 Å². The van der Waals surface area contributed by atoms with Crippen LogP contribution in [0.15, 0.2) is 91.0 Å². The van der Waals surface area contributed by atoms with Crippen LogP contribution in [0.25, 0.3) is 10.8 Å². The van der Waals surface area contributed by atoms with Gasteiger partial charge >= 0.3 is 5.97 Å². The Kier molecular flexibility index (Phi) is 7.08. The summed E-state index contributed by atoms with van der Waals surface area (Å²) in [6.45, 7) is 1.21. The van der Waals surface area contributed by atoms with Crippen molar-refractivity contribution in [1.29, 1.82) is 0 Å². The Balaban J connectivity index is 1.72. The molecule has 0 unspecified atom stereocenters. The summed E-state index contributed by atoms with van der Waals surface area (Å²) in [7, 11) is 1.60. The van der Waals surface area contributed by atoms with Crippen LogP contribution in [0, 0.1) is 0 Å². The third-order valence-electron chi connectivity index (χ3n) is 5.34. The number of ether oxygens (including phenoxy) is 3. The second-order valence-electron chi connectivity index (χ2n) is 7.68. The highest BCUT2D eigenvalue weighted by atomic mass is 16.6. The summed E-state index contributed by atoms with van der Waals surface area (Å²) in [5.41, 5.74) is 1.51. The zero-order valence-corrected chi connectivity index (χ0v) is 19.0. The maximum Gasteiger partial charge on any atom is 0.349 e. The van der Waals surface area contributed by atoms with Crippen molar-refractivity contribution in [2.24, 2.45) is 0 Å². The molecule has 0 aliphatic heterocycles. The van der Waals surface area contributed by atoms with Gasteiger partial charge in [-0.05, 0) is 46.7 Å². The van der Waals surface area contributed by atoms with Crippen molar-refractivity contribution >= 4 is 22.6 Å². The maximum absolute atomic E-state index is 12.7. The van der Waals surface area contributed by atoms with Crippen LogP contribution >= 0.6 is 0 Å². The fraction of sp³-hybridized carbons (Fsp3) is 0.143. The quantitative estimate of drug-likeness (QED) is 0.297. The van der Waals surface area contributed by atoms with Gasteiger partial charge in [-0.25, -0.2) is 4.79 Å². The molecule has 4 aromatic carbocycles. The number of nitrogens with one attached hydrogen (secondary N) is 1. The Labute approximate surface area is 198 Å². The second-order valence-corrected chi connectivity index (χ2v) is 7.68. The molecule has 0 radical (unpaired) electrons. The van der Waals surface area contributed by atoms with Gasteiger partial charge in [0.25, 0.3) is 0 Å². The fourth-order valence-electron chi connectivity index (χ4n) is 3.80. The third kappa shape index (κ3) is 5.35. The number of carbonyl (C=O) groups is 2. The predicted octanol–water partition coefficient (Wildman–Crippen LogP) is 5.06. The van der Waals surface area contributed by atoms with Crippen LogP contribution in [0.4, 0.5) is 0 Å². The Bertz CT molecular complexity index is 1290. The molecule has 4 rings (SSSR count). The molecule has 6 nitrogen and oxygen atoms in total. The van der Waals surface area contributed by atoms with E-state index in [0.29, 0.717) is 22.8 Å². The average molecular weight is 456 g/mol. The molecule has 0 heterocycles. The minimum absolute atomic E-state index is 0.210. The summed E-state index contributed by atoms with van der Waals surface area (Å²) in [4.78, 5) is 24.9. The van der Waals surface area contributed by atoms with E-state index in [1.54, 1.807) is 25.3 Å². The van der Waals surface area contributed by atoms with Gasteiger partial charge in [0.2, 0.25) is 5.91 Å². The molecule has 1 N–H and O–H groups in total. The Morgan fingerprint density at radius 3 is 2.24 bits per heavy atom. The van der Waals surface area contributed by atoms with Crippen LogP contribution in [-0.2, 0) is 9.59 Å². The van der Waals surface area contributed by atoms with Crippen LogP contribution in [0.1, 0.15) is 24.1 Å². The molecule has 0 aromatic heterocycles. The maximum atomic E-state index is 12.7. The number of amides is 1. The number of carbonyl (C=O) groups excluding carboxylic acids is 2. The molecule has 34 heavy (non-hydrogen) atoms. The van der Waals surface area contributed by atoms with E-state index in [9.17, 15) is 9.59 Å². The van der Waals surface area contributed by atoms with Crippen LogP contribution in [0.3, 0.4) is 0 Å². The molecule has 6 heteroatoms. The van der Waals surface area contributed by atoms with Crippen LogP contribution in [0.2, 0.25) is 0 Å². The summed E-state index contributed by atoms with van der Waals surface area (Å²) >= 11 is 0. The van der Waals surface area contributed by atoms with Crippen molar-refractivity contribution in [3.8, 4) is 17.2 Å². The molecular weight excluding hydrogens is 430 g/mol. The van der Waals surface area contributed by atoms with E-state index < -0.39 is 12.0 Å². The highest BCUT2D eigenvalue weighted by Crippen LogP contribution is 2.37. The molecule has 0 aliphatic rings. The minimum Gasteiger partial charge on any atom is -0.497 e. The average Bonchev–Trinajstić information content (AvgIpc) is 2.87. The number of hydrogen-bond donors (Lipinski definition) is 1. The summed E-state index contributed by atoms with van der Waals surface area (Å²) in [6, 6.07) is 27.3. The summed E-state index contributed by atoms with van der Waals surface area (Å²) < 4.78 is 16.6. The molecule has 0 aliphatic carbocycles. The first kappa shape index (κ1) is 22.9. The molecule has 0 saturated carbocycles. The summed E-state index contributed by atoms with van der Waals surface area (Å²) in [5.74, 6) is 0.880. The molecule has 0 spiro atoms. The van der Waals surface area contributed by atoms with Crippen LogP contribution in [0.5, 0.6) is 17.2 Å². The monoisotopic (exact) mass is 455 g/mol. The van der Waals surface area contributed by atoms with E-state index in [4.69, 9.17) is 14.2 Å². The van der Waals surface area contributed by atoms with Crippen molar-refractivity contribution in [2.75, 3.05) is 13.7 Å². The molecule has 1 atom stereocenters. The molecule has 172 valence electrons. The fourth-order valence-corrected chi connectivity index (χ4v) is 3.80. The number of methoxy groups -OCH3 is 1. The van der Waals surface area contributed by atoms with Crippen molar-refractivity contribution in [3.05, 3.63) is 102 Å². The normalized spacial score (nSPS) is 11.5. The zero-order chi connectivity index (χ0) is 23.9. The zero-order valence-electron chi connectivity index (χ0n) is 19.0. The molecule has 0 fully saturated rings. The number of fused-ring (bicyclic) bond motifs is 1. The number of esters is 1. The first-order valence-electron chi connectivity index (χ1n) is 10.9. The number of rotatable bonds is 8. The predicted molar refractivity (Wildman–Crippen MR) is 130 cm³/mol. The first-order chi connectivity index (χ1) is 16.5. The van der Waals surface area contributed by atoms with Gasteiger partial charge in [-0.1, -0.05) is 60.7 Å². The van der Waals surface area contributed by atoms with Gasteiger partial charge in [0.05, 0.1) is 13.2 Å². The second kappa shape index (κ2) is 10.5. The van der Waals surface area contributed by atoms with Gasteiger partial charge < -0.3 is 19.5 Å². The van der Waals surface area contributed by atoms with E-state index in [0.717, 1.165) is 16.3 Å². The van der Waals surface area contributed by atoms with Crippen molar-refractivity contribution in [3.63, 3.8) is 0 Å². The largest absolute Gasteiger partial charge is 0.497 e. The minimum atomic E-state index is -0.549. The Morgan fingerprint density at radius 2 is 1.53 bits per heavy atom. The number of hydrogen-bond acceptors (Lipinski definition) is 5.